The highest BCUT2D eigenvalue weighted by atomic mass is 15.2. The highest BCUT2D eigenvalue weighted by Gasteiger charge is 2.23. The molecule has 0 amide bonds. The van der Waals surface area contributed by atoms with Crippen molar-refractivity contribution in [2.24, 2.45) is 0 Å². The van der Waals surface area contributed by atoms with Crippen LogP contribution in [0.2, 0.25) is 0 Å². The fourth-order valence-corrected chi connectivity index (χ4v) is 7.78. The first-order chi connectivity index (χ1) is 27.8. The Morgan fingerprint density at radius 2 is 0.750 bits per heavy atom. The van der Waals surface area contributed by atoms with E-state index in [1.807, 2.05) is 91.5 Å². The van der Waals surface area contributed by atoms with Gasteiger partial charge in [-0.3, -0.25) is 4.57 Å². The van der Waals surface area contributed by atoms with Crippen LogP contribution >= 0.6 is 0 Å². The van der Waals surface area contributed by atoms with E-state index in [1.165, 1.54) is 5.39 Å². The molecule has 5 heterocycles. The van der Waals surface area contributed by atoms with Crippen molar-refractivity contribution in [2.75, 3.05) is 0 Å². The van der Waals surface area contributed by atoms with Gasteiger partial charge in [0, 0.05) is 74.3 Å². The maximum atomic E-state index is 5.32. The minimum Gasteiger partial charge on any atom is -0.307 e. The number of aromatic nitrogens is 8. The van der Waals surface area contributed by atoms with E-state index in [1.54, 1.807) is 0 Å². The first-order valence-corrected chi connectivity index (χ1v) is 18.4. The summed E-state index contributed by atoms with van der Waals surface area (Å²) in [6.07, 6.45) is 7.32. The van der Waals surface area contributed by atoms with Crippen LogP contribution in [-0.2, 0) is 0 Å². The molecule has 56 heavy (non-hydrogen) atoms. The van der Waals surface area contributed by atoms with Gasteiger partial charge in [-0.2, -0.15) is 0 Å². The molecular weight excluding hydrogens is 689 g/mol. The van der Waals surface area contributed by atoms with E-state index in [0.29, 0.717) is 29.0 Å². The van der Waals surface area contributed by atoms with Crippen LogP contribution in [0.25, 0.3) is 101 Å². The Morgan fingerprint density at radius 1 is 0.339 bits per heavy atom. The summed E-state index contributed by atoms with van der Waals surface area (Å²) in [4.78, 5) is 29.7. The molecule has 8 nitrogen and oxygen atoms in total. The molecule has 0 atom stereocenters. The monoisotopic (exact) mass is 718 g/mol. The van der Waals surface area contributed by atoms with Crippen molar-refractivity contribution in [3.8, 4) is 56.9 Å². The smallest absolute Gasteiger partial charge is 0.235 e. The summed E-state index contributed by atoms with van der Waals surface area (Å²) in [5.41, 5.74) is 10.1. The number of nitrogens with zero attached hydrogens (tertiary/aromatic N) is 8. The van der Waals surface area contributed by atoms with Crippen molar-refractivity contribution in [1.29, 1.82) is 0 Å². The molecular formula is C48H30N8. The quantitative estimate of drug-likeness (QED) is 0.170. The molecule has 0 unspecified atom stereocenters. The molecule has 5 aromatic heterocycles. The van der Waals surface area contributed by atoms with Crippen LogP contribution in [0.3, 0.4) is 0 Å². The molecule has 0 spiro atoms. The van der Waals surface area contributed by atoms with E-state index in [4.69, 9.17) is 29.9 Å². The van der Waals surface area contributed by atoms with Gasteiger partial charge < -0.3 is 4.57 Å². The van der Waals surface area contributed by atoms with Crippen LogP contribution in [0.5, 0.6) is 0 Å². The number of fused-ring (bicyclic) bond motifs is 7. The molecule has 262 valence electrons. The van der Waals surface area contributed by atoms with Crippen LogP contribution in [-0.4, -0.2) is 39.0 Å². The van der Waals surface area contributed by atoms with Crippen LogP contribution in [0.15, 0.2) is 183 Å². The molecule has 0 saturated heterocycles. The average Bonchev–Trinajstić information content (AvgIpc) is 3.80. The van der Waals surface area contributed by atoms with E-state index in [0.717, 1.165) is 66.2 Å². The molecule has 11 aromatic rings. The summed E-state index contributed by atoms with van der Waals surface area (Å²) in [6.45, 7) is 0. The van der Waals surface area contributed by atoms with Crippen molar-refractivity contribution >= 4 is 43.6 Å². The van der Waals surface area contributed by atoms with Crippen LogP contribution in [0.1, 0.15) is 0 Å². The molecule has 6 aromatic carbocycles. The lowest BCUT2D eigenvalue weighted by Crippen LogP contribution is -2.05. The first-order valence-electron chi connectivity index (χ1n) is 18.4. The lowest BCUT2D eigenvalue weighted by atomic mass is 10.1. The van der Waals surface area contributed by atoms with E-state index < -0.39 is 0 Å². The van der Waals surface area contributed by atoms with E-state index in [9.17, 15) is 0 Å². The SMILES string of the molecule is c1ccc(-c2ncc(-c3cc(-c4cnc(-c5ccccc5)nc4)nc(-n4c5ccccc5c5ccc6c7ccccc7n(-c7ccccc7)c6c54)n3)cn2)cc1. The number of rotatable bonds is 6. The van der Waals surface area contributed by atoms with Crippen LogP contribution in [0.4, 0.5) is 0 Å². The van der Waals surface area contributed by atoms with Gasteiger partial charge in [0.1, 0.15) is 0 Å². The maximum Gasteiger partial charge on any atom is 0.235 e. The second kappa shape index (κ2) is 12.9. The third-order valence-electron chi connectivity index (χ3n) is 10.4. The lowest BCUT2D eigenvalue weighted by Gasteiger charge is -2.13. The van der Waals surface area contributed by atoms with Crippen molar-refractivity contribution < 1.29 is 0 Å². The van der Waals surface area contributed by atoms with Gasteiger partial charge in [-0.25, -0.2) is 29.9 Å². The topological polar surface area (TPSA) is 87.2 Å². The fourth-order valence-electron chi connectivity index (χ4n) is 7.78. The molecule has 0 aliphatic heterocycles. The van der Waals surface area contributed by atoms with Gasteiger partial charge in [0.25, 0.3) is 0 Å². The number of hydrogen-bond acceptors (Lipinski definition) is 6. The number of para-hydroxylation sites is 3. The second-order valence-electron chi connectivity index (χ2n) is 13.7. The zero-order chi connectivity index (χ0) is 37.0. The predicted octanol–water partition coefficient (Wildman–Crippen LogP) is 10.9. The molecule has 11 rings (SSSR count). The van der Waals surface area contributed by atoms with Crippen molar-refractivity contribution in [3.05, 3.63) is 183 Å². The Kier molecular flexibility index (Phi) is 7.31. The van der Waals surface area contributed by atoms with Crippen LogP contribution < -0.4 is 0 Å². The molecule has 0 radical (unpaired) electrons. The predicted molar refractivity (Wildman–Crippen MR) is 224 cm³/mol. The van der Waals surface area contributed by atoms with Gasteiger partial charge in [0.15, 0.2) is 11.6 Å². The van der Waals surface area contributed by atoms with Crippen molar-refractivity contribution in [3.63, 3.8) is 0 Å². The Balaban J connectivity index is 1.20. The molecule has 0 fully saturated rings. The molecule has 0 saturated carbocycles. The van der Waals surface area contributed by atoms with E-state index in [-0.39, 0.29) is 0 Å². The molecule has 0 aliphatic carbocycles. The van der Waals surface area contributed by atoms with E-state index >= 15 is 0 Å². The summed E-state index contributed by atoms with van der Waals surface area (Å²) in [7, 11) is 0. The lowest BCUT2D eigenvalue weighted by molar-refractivity contribution is 0.991. The molecule has 0 N–H and O–H groups in total. The zero-order valence-corrected chi connectivity index (χ0v) is 29.9. The normalized spacial score (nSPS) is 11.6. The van der Waals surface area contributed by atoms with E-state index in [2.05, 4.69) is 100 Å². The second-order valence-corrected chi connectivity index (χ2v) is 13.7. The zero-order valence-electron chi connectivity index (χ0n) is 29.9. The highest BCUT2D eigenvalue weighted by Crippen LogP contribution is 2.41. The number of hydrogen-bond donors (Lipinski definition) is 0. The Bertz CT molecular complexity index is 3110. The number of benzene rings is 6. The van der Waals surface area contributed by atoms with Crippen LogP contribution in [0, 0.1) is 0 Å². The van der Waals surface area contributed by atoms with Gasteiger partial charge in [0.05, 0.1) is 33.5 Å². The minimum absolute atomic E-state index is 0.514. The summed E-state index contributed by atoms with van der Waals surface area (Å²) in [6, 6.07) is 54.0. The van der Waals surface area contributed by atoms with Crippen molar-refractivity contribution in [1.82, 2.24) is 39.0 Å². The molecule has 0 bridgehead atoms. The van der Waals surface area contributed by atoms with Gasteiger partial charge >= 0.3 is 0 Å². The Labute approximate surface area is 321 Å². The Morgan fingerprint density at radius 3 is 1.25 bits per heavy atom. The van der Waals surface area contributed by atoms with Gasteiger partial charge in [-0.15, -0.1) is 0 Å². The highest BCUT2D eigenvalue weighted by molar-refractivity contribution is 6.23. The van der Waals surface area contributed by atoms with Gasteiger partial charge in [-0.1, -0.05) is 127 Å². The average molecular weight is 719 g/mol. The largest absolute Gasteiger partial charge is 0.307 e. The third kappa shape index (κ3) is 5.15. The molecule has 0 aliphatic rings. The van der Waals surface area contributed by atoms with Gasteiger partial charge in [-0.05, 0) is 30.3 Å². The third-order valence-corrected chi connectivity index (χ3v) is 10.4. The summed E-state index contributed by atoms with van der Waals surface area (Å²) in [5, 5.41) is 4.53. The van der Waals surface area contributed by atoms with Gasteiger partial charge in [0.2, 0.25) is 5.95 Å². The van der Waals surface area contributed by atoms with Crippen molar-refractivity contribution in [2.45, 2.75) is 0 Å². The summed E-state index contributed by atoms with van der Waals surface area (Å²) in [5.74, 6) is 1.81. The summed E-state index contributed by atoms with van der Waals surface area (Å²) >= 11 is 0. The molecule has 8 heteroatoms. The standard InChI is InChI=1S/C48H30N8/c1-4-14-31(15-5-1)46-49-27-33(28-50-46)40-26-41(34-29-51-47(52-30-34)32-16-6-2-7-17-32)54-48(53-40)56-43-23-13-11-21-37(43)39-25-24-38-36-20-10-12-22-42(36)55(44(38)45(39)56)35-18-8-3-9-19-35/h1-30H. The summed E-state index contributed by atoms with van der Waals surface area (Å²) < 4.78 is 4.57. The maximum absolute atomic E-state index is 5.32. The Hall–Kier alpha value is -7.84. The first kappa shape index (κ1) is 31.7. The fraction of sp³-hybridized carbons (Fsp3) is 0. The minimum atomic E-state index is 0.514.